The average Bonchev–Trinajstić information content (AvgIpc) is 2.67. The number of Topliss-reactive ketones (excluding diaryl/α,β-unsaturated/α-hetero) is 1. The Labute approximate surface area is 107 Å². The first-order chi connectivity index (χ1) is 8.84. The normalized spacial score (nSPS) is 26.2. The van der Waals surface area contributed by atoms with Crippen LogP contribution in [0, 0.1) is 11.7 Å². The van der Waals surface area contributed by atoms with Gasteiger partial charge in [0.15, 0.2) is 5.78 Å². The molecule has 2 rings (SSSR count). The fourth-order valence-corrected chi connectivity index (χ4v) is 2.30. The lowest BCUT2D eigenvalue weighted by Gasteiger charge is -2.13. The molecule has 19 heavy (non-hydrogen) atoms. The molecular weight excluding hydrogens is 262 g/mol. The molecule has 6 heteroatoms. The largest absolute Gasteiger partial charge is 0.399 e. The summed E-state index contributed by atoms with van der Waals surface area (Å²) in [4.78, 5) is 15.7. The lowest BCUT2D eigenvalue weighted by molar-refractivity contribution is -0.177. The van der Waals surface area contributed by atoms with Crippen molar-refractivity contribution in [1.29, 1.82) is 0 Å². The van der Waals surface area contributed by atoms with Crippen LogP contribution in [0.3, 0.4) is 0 Å². The fourth-order valence-electron chi connectivity index (χ4n) is 2.30. The van der Waals surface area contributed by atoms with Crippen molar-refractivity contribution in [3.63, 3.8) is 0 Å². The second-order valence-electron chi connectivity index (χ2n) is 4.40. The van der Waals surface area contributed by atoms with Gasteiger partial charge in [0, 0.05) is 19.2 Å². The van der Waals surface area contributed by atoms with E-state index < -0.39 is 36.0 Å². The van der Waals surface area contributed by atoms with Crippen LogP contribution in [0.4, 0.5) is 17.6 Å². The maximum absolute atomic E-state index is 12.8. The summed E-state index contributed by atoms with van der Waals surface area (Å²) in [6, 6.07) is 4.89. The molecule has 1 aromatic carbocycles. The molecule has 1 aliphatic carbocycles. The van der Waals surface area contributed by atoms with Gasteiger partial charge in [0.25, 0.3) is 0 Å². The van der Waals surface area contributed by atoms with Gasteiger partial charge in [-0.15, -0.1) is 0 Å². The molecule has 2 unspecified atom stereocenters. The van der Waals surface area contributed by atoms with E-state index >= 15 is 0 Å². The molecule has 2 nitrogen and oxygen atoms in total. The lowest BCUT2D eigenvalue weighted by Crippen LogP contribution is -2.28. The summed E-state index contributed by atoms with van der Waals surface area (Å²) in [6.45, 7) is 0. The molecule has 0 amide bonds. The monoisotopic (exact) mass is 273 g/mol. The molecule has 2 atom stereocenters. The highest BCUT2D eigenvalue weighted by Crippen LogP contribution is 2.41. The number of ketones is 1. The third kappa shape index (κ3) is 2.52. The Morgan fingerprint density at radius 1 is 1.21 bits per heavy atom. The van der Waals surface area contributed by atoms with Crippen LogP contribution >= 0.6 is 0 Å². The number of rotatable bonds is 1. The predicted octanol–water partition coefficient (Wildman–Crippen LogP) is 3.13. The van der Waals surface area contributed by atoms with E-state index in [2.05, 4.69) is 4.99 Å². The highest BCUT2D eigenvalue weighted by atomic mass is 19.4. The van der Waals surface area contributed by atoms with Crippen molar-refractivity contribution in [2.45, 2.75) is 18.5 Å². The number of carbonyl (C=O) groups excluding carboxylic acids is 1. The van der Waals surface area contributed by atoms with E-state index in [9.17, 15) is 22.4 Å². The first-order valence-electron chi connectivity index (χ1n) is 5.66. The van der Waals surface area contributed by atoms with E-state index in [4.69, 9.17) is 0 Å². The molecular formula is C13H11F4NO. The zero-order chi connectivity index (χ0) is 14.2. The molecule has 0 spiro atoms. The molecule has 0 saturated heterocycles. The molecule has 1 aliphatic rings. The minimum atomic E-state index is -4.57. The second kappa shape index (κ2) is 4.75. The van der Waals surface area contributed by atoms with Crippen molar-refractivity contribution >= 4 is 11.5 Å². The van der Waals surface area contributed by atoms with E-state index in [-0.39, 0.29) is 5.71 Å². The topological polar surface area (TPSA) is 29.4 Å². The minimum absolute atomic E-state index is 0.193. The summed E-state index contributed by atoms with van der Waals surface area (Å²) >= 11 is 0. The molecule has 0 aliphatic heterocycles. The molecule has 0 aromatic heterocycles. The Balaban J connectivity index is 2.39. The quantitative estimate of drug-likeness (QED) is 0.723. The van der Waals surface area contributed by atoms with Gasteiger partial charge in [0.05, 0.1) is 5.92 Å². The number of hydrogen-bond donors (Lipinski definition) is 0. The van der Waals surface area contributed by atoms with Gasteiger partial charge >= 0.3 is 6.18 Å². The van der Waals surface area contributed by atoms with Crippen LogP contribution < -0.4 is 0 Å². The second-order valence-corrected chi connectivity index (χ2v) is 4.40. The number of aliphatic imine (C=N–C) groups is 1. The van der Waals surface area contributed by atoms with Crippen LogP contribution in [0.25, 0.3) is 0 Å². The van der Waals surface area contributed by atoms with Gasteiger partial charge < -0.3 is 0 Å². The Hall–Kier alpha value is -1.72. The zero-order valence-electron chi connectivity index (χ0n) is 10.0. The fraction of sp³-hybridized carbons (Fsp3) is 0.385. The molecule has 0 bridgehead atoms. The Kier molecular flexibility index (Phi) is 3.43. The number of carbonyl (C=O) groups is 1. The van der Waals surface area contributed by atoms with Crippen molar-refractivity contribution in [2.24, 2.45) is 10.9 Å². The van der Waals surface area contributed by atoms with Crippen LogP contribution in [0.2, 0.25) is 0 Å². The SMILES string of the molecule is CN=C1CC(C(F)(F)F)C(=O)C1c1ccc(F)cc1. The predicted molar refractivity (Wildman–Crippen MR) is 61.7 cm³/mol. The van der Waals surface area contributed by atoms with E-state index in [0.717, 1.165) is 12.1 Å². The molecule has 1 fully saturated rings. The van der Waals surface area contributed by atoms with Crippen molar-refractivity contribution < 1.29 is 22.4 Å². The van der Waals surface area contributed by atoms with Crippen molar-refractivity contribution in [2.75, 3.05) is 7.05 Å². The summed E-state index contributed by atoms with van der Waals surface area (Å²) < 4.78 is 51.0. The Morgan fingerprint density at radius 2 is 1.79 bits per heavy atom. The van der Waals surface area contributed by atoms with Crippen molar-refractivity contribution in [1.82, 2.24) is 0 Å². The van der Waals surface area contributed by atoms with E-state index in [0.29, 0.717) is 5.56 Å². The van der Waals surface area contributed by atoms with Gasteiger partial charge in [-0.05, 0) is 17.7 Å². The third-order valence-electron chi connectivity index (χ3n) is 3.26. The van der Waals surface area contributed by atoms with Crippen LogP contribution in [-0.4, -0.2) is 24.7 Å². The number of alkyl halides is 3. The molecule has 1 aromatic rings. The zero-order valence-corrected chi connectivity index (χ0v) is 10.0. The van der Waals surface area contributed by atoms with Gasteiger partial charge in [0.2, 0.25) is 0 Å². The first-order valence-corrected chi connectivity index (χ1v) is 5.66. The van der Waals surface area contributed by atoms with Crippen LogP contribution in [0.1, 0.15) is 17.9 Å². The molecule has 1 saturated carbocycles. The maximum Gasteiger partial charge on any atom is 0.399 e. The smallest absolute Gasteiger partial charge is 0.298 e. The van der Waals surface area contributed by atoms with Gasteiger partial charge in [0.1, 0.15) is 11.7 Å². The number of benzene rings is 1. The summed E-state index contributed by atoms with van der Waals surface area (Å²) in [5.41, 5.74) is 0.540. The van der Waals surface area contributed by atoms with Crippen LogP contribution in [0.5, 0.6) is 0 Å². The lowest BCUT2D eigenvalue weighted by atomic mass is 9.94. The molecule has 0 heterocycles. The summed E-state index contributed by atoms with van der Waals surface area (Å²) in [5, 5.41) is 0. The van der Waals surface area contributed by atoms with Crippen molar-refractivity contribution in [3.8, 4) is 0 Å². The van der Waals surface area contributed by atoms with Gasteiger partial charge in [-0.2, -0.15) is 13.2 Å². The highest BCUT2D eigenvalue weighted by molar-refractivity contribution is 6.17. The van der Waals surface area contributed by atoms with Crippen LogP contribution in [0.15, 0.2) is 29.3 Å². The number of nitrogens with zero attached hydrogens (tertiary/aromatic N) is 1. The molecule has 0 radical (unpaired) electrons. The van der Waals surface area contributed by atoms with Gasteiger partial charge in [-0.3, -0.25) is 9.79 Å². The molecule has 0 N–H and O–H groups in total. The first kappa shape index (κ1) is 13.7. The van der Waals surface area contributed by atoms with Crippen LogP contribution in [-0.2, 0) is 4.79 Å². The van der Waals surface area contributed by atoms with Gasteiger partial charge in [-0.25, -0.2) is 4.39 Å². The van der Waals surface area contributed by atoms with Gasteiger partial charge in [-0.1, -0.05) is 12.1 Å². The highest BCUT2D eigenvalue weighted by Gasteiger charge is 2.53. The number of halogens is 4. The third-order valence-corrected chi connectivity index (χ3v) is 3.26. The van der Waals surface area contributed by atoms with Crippen molar-refractivity contribution in [3.05, 3.63) is 35.6 Å². The average molecular weight is 273 g/mol. The Bertz CT molecular complexity index is 518. The standard InChI is InChI=1S/C13H11F4NO/c1-18-10-6-9(13(15,16)17)12(19)11(10)7-2-4-8(14)5-3-7/h2-5,9,11H,6H2,1H3. The summed E-state index contributed by atoms with van der Waals surface area (Å²) in [7, 11) is 1.36. The van der Waals surface area contributed by atoms with E-state index in [1.807, 2.05) is 0 Å². The molecule has 102 valence electrons. The number of hydrogen-bond acceptors (Lipinski definition) is 2. The van der Waals surface area contributed by atoms with E-state index in [1.54, 1.807) is 0 Å². The van der Waals surface area contributed by atoms with E-state index in [1.165, 1.54) is 19.2 Å². The summed E-state index contributed by atoms with van der Waals surface area (Å²) in [5.74, 6) is -4.45. The summed E-state index contributed by atoms with van der Waals surface area (Å²) in [6.07, 6.45) is -4.98. The maximum atomic E-state index is 12.8. The Morgan fingerprint density at radius 3 is 2.26 bits per heavy atom. The minimum Gasteiger partial charge on any atom is -0.298 e.